The Hall–Kier alpha value is -1.42. The minimum Gasteiger partial charge on any atom is -0.494 e. The maximum atomic E-state index is 13.6. The SMILES string of the molecule is CCC1CCCN(CC(=O)c2ccc(OC)c(F)c2)C1. The molecule has 0 spiro atoms. The van der Waals surface area contributed by atoms with Gasteiger partial charge < -0.3 is 4.74 Å². The first-order valence-corrected chi connectivity index (χ1v) is 7.23. The van der Waals surface area contributed by atoms with Crippen LogP contribution in [0, 0.1) is 11.7 Å². The number of ether oxygens (including phenoxy) is 1. The van der Waals surface area contributed by atoms with Crippen molar-refractivity contribution in [2.24, 2.45) is 5.92 Å². The largest absolute Gasteiger partial charge is 0.494 e. The van der Waals surface area contributed by atoms with Gasteiger partial charge in [0.25, 0.3) is 0 Å². The molecule has 2 rings (SSSR count). The molecule has 0 aliphatic carbocycles. The maximum absolute atomic E-state index is 13.6. The summed E-state index contributed by atoms with van der Waals surface area (Å²) in [7, 11) is 1.42. The molecule has 1 saturated heterocycles. The van der Waals surface area contributed by atoms with Crippen molar-refractivity contribution in [1.29, 1.82) is 0 Å². The average molecular weight is 279 g/mol. The van der Waals surface area contributed by atoms with Crippen molar-refractivity contribution in [3.8, 4) is 5.75 Å². The third-order valence-corrected chi connectivity index (χ3v) is 4.02. The molecule has 1 heterocycles. The van der Waals surface area contributed by atoms with E-state index < -0.39 is 5.82 Å². The molecular weight excluding hydrogens is 257 g/mol. The number of ketones is 1. The highest BCUT2D eigenvalue weighted by molar-refractivity contribution is 5.97. The van der Waals surface area contributed by atoms with Crippen LogP contribution in [0.15, 0.2) is 18.2 Å². The van der Waals surface area contributed by atoms with Crippen LogP contribution >= 0.6 is 0 Å². The number of carbonyl (C=O) groups is 1. The highest BCUT2D eigenvalue weighted by Crippen LogP contribution is 2.21. The lowest BCUT2D eigenvalue weighted by atomic mass is 9.95. The number of hydrogen-bond acceptors (Lipinski definition) is 3. The van der Waals surface area contributed by atoms with Crippen molar-refractivity contribution in [1.82, 2.24) is 4.90 Å². The molecule has 110 valence electrons. The molecular formula is C16H22FNO2. The van der Waals surface area contributed by atoms with Crippen LogP contribution in [0.3, 0.4) is 0 Å². The van der Waals surface area contributed by atoms with Gasteiger partial charge in [-0.2, -0.15) is 0 Å². The van der Waals surface area contributed by atoms with E-state index in [2.05, 4.69) is 11.8 Å². The topological polar surface area (TPSA) is 29.5 Å². The van der Waals surface area contributed by atoms with E-state index >= 15 is 0 Å². The first-order valence-electron chi connectivity index (χ1n) is 7.23. The van der Waals surface area contributed by atoms with Gasteiger partial charge in [-0.3, -0.25) is 9.69 Å². The van der Waals surface area contributed by atoms with Gasteiger partial charge >= 0.3 is 0 Å². The van der Waals surface area contributed by atoms with Gasteiger partial charge in [-0.1, -0.05) is 13.3 Å². The summed E-state index contributed by atoms with van der Waals surface area (Å²) in [6.45, 7) is 4.50. The van der Waals surface area contributed by atoms with Crippen molar-refractivity contribution in [3.05, 3.63) is 29.6 Å². The Bertz CT molecular complexity index is 476. The van der Waals surface area contributed by atoms with Gasteiger partial charge in [-0.05, 0) is 43.5 Å². The zero-order valence-electron chi connectivity index (χ0n) is 12.2. The molecule has 0 bridgehead atoms. The minimum atomic E-state index is -0.483. The summed E-state index contributed by atoms with van der Waals surface area (Å²) < 4.78 is 18.5. The Balaban J connectivity index is 1.99. The van der Waals surface area contributed by atoms with Gasteiger partial charge in [-0.25, -0.2) is 4.39 Å². The number of nitrogens with zero attached hydrogens (tertiary/aromatic N) is 1. The summed E-state index contributed by atoms with van der Waals surface area (Å²) in [5.74, 6) is 0.349. The van der Waals surface area contributed by atoms with Crippen molar-refractivity contribution < 1.29 is 13.9 Å². The van der Waals surface area contributed by atoms with Gasteiger partial charge in [0, 0.05) is 12.1 Å². The molecule has 1 aromatic rings. The van der Waals surface area contributed by atoms with Crippen LogP contribution in [0.2, 0.25) is 0 Å². The summed E-state index contributed by atoms with van der Waals surface area (Å²) in [4.78, 5) is 14.4. The number of carbonyl (C=O) groups excluding carboxylic acids is 1. The summed E-state index contributed by atoms with van der Waals surface area (Å²) >= 11 is 0. The number of Topliss-reactive ketones (excluding diaryl/α,β-unsaturated/α-hetero) is 1. The number of piperidine rings is 1. The quantitative estimate of drug-likeness (QED) is 0.776. The lowest BCUT2D eigenvalue weighted by Crippen LogP contribution is -2.38. The van der Waals surface area contributed by atoms with Crippen molar-refractivity contribution in [2.75, 3.05) is 26.7 Å². The lowest BCUT2D eigenvalue weighted by Gasteiger charge is -2.31. The fourth-order valence-electron chi connectivity index (χ4n) is 2.76. The van der Waals surface area contributed by atoms with Gasteiger partial charge in [0.2, 0.25) is 0 Å². The fraction of sp³-hybridized carbons (Fsp3) is 0.562. The smallest absolute Gasteiger partial charge is 0.176 e. The van der Waals surface area contributed by atoms with Crippen molar-refractivity contribution >= 4 is 5.78 Å². The predicted molar refractivity (Wildman–Crippen MR) is 76.7 cm³/mol. The van der Waals surface area contributed by atoms with Crippen LogP contribution in [0.25, 0.3) is 0 Å². The van der Waals surface area contributed by atoms with Crippen molar-refractivity contribution in [2.45, 2.75) is 26.2 Å². The second-order valence-corrected chi connectivity index (χ2v) is 5.42. The van der Waals surface area contributed by atoms with Crippen molar-refractivity contribution in [3.63, 3.8) is 0 Å². The van der Waals surface area contributed by atoms with E-state index in [-0.39, 0.29) is 11.5 Å². The van der Waals surface area contributed by atoms with Gasteiger partial charge in [-0.15, -0.1) is 0 Å². The van der Waals surface area contributed by atoms with E-state index in [0.717, 1.165) is 25.9 Å². The number of likely N-dealkylation sites (tertiary alicyclic amines) is 1. The van der Waals surface area contributed by atoms with Crippen LogP contribution in [-0.4, -0.2) is 37.4 Å². The summed E-state index contributed by atoms with van der Waals surface area (Å²) in [6, 6.07) is 4.40. The van der Waals surface area contributed by atoms with E-state index in [0.29, 0.717) is 18.0 Å². The Morgan fingerprint density at radius 2 is 2.30 bits per heavy atom. The second kappa shape index (κ2) is 6.84. The van der Waals surface area contributed by atoms with Gasteiger partial charge in [0.05, 0.1) is 13.7 Å². The number of rotatable bonds is 5. The predicted octanol–water partition coefficient (Wildman–Crippen LogP) is 3.14. The first-order chi connectivity index (χ1) is 9.63. The fourth-order valence-corrected chi connectivity index (χ4v) is 2.76. The zero-order chi connectivity index (χ0) is 14.5. The van der Waals surface area contributed by atoms with E-state index in [1.54, 1.807) is 6.07 Å². The summed E-state index contributed by atoms with van der Waals surface area (Å²) in [5, 5.41) is 0. The lowest BCUT2D eigenvalue weighted by molar-refractivity contribution is 0.0884. The molecule has 0 saturated carbocycles. The maximum Gasteiger partial charge on any atom is 0.176 e. The number of hydrogen-bond donors (Lipinski definition) is 0. The molecule has 1 aromatic carbocycles. The standard InChI is InChI=1S/C16H22FNO2/c1-3-12-5-4-8-18(10-12)11-15(19)13-6-7-16(20-2)14(17)9-13/h6-7,9,12H,3-5,8,10-11H2,1-2H3. The molecule has 0 N–H and O–H groups in total. The molecule has 20 heavy (non-hydrogen) atoms. The number of halogens is 1. The Morgan fingerprint density at radius 1 is 1.50 bits per heavy atom. The summed E-state index contributed by atoms with van der Waals surface area (Å²) in [6.07, 6.45) is 3.54. The average Bonchev–Trinajstić information content (AvgIpc) is 2.47. The molecule has 1 aliphatic rings. The van der Waals surface area contributed by atoms with E-state index in [1.807, 2.05) is 0 Å². The third-order valence-electron chi connectivity index (χ3n) is 4.02. The first kappa shape index (κ1) is 15.0. The Labute approximate surface area is 119 Å². The highest BCUT2D eigenvalue weighted by Gasteiger charge is 2.21. The highest BCUT2D eigenvalue weighted by atomic mass is 19.1. The molecule has 1 unspecified atom stereocenters. The van der Waals surface area contributed by atoms with E-state index in [9.17, 15) is 9.18 Å². The second-order valence-electron chi connectivity index (χ2n) is 5.42. The molecule has 4 heteroatoms. The van der Waals surface area contributed by atoms with Crippen LogP contribution in [0.1, 0.15) is 36.5 Å². The number of methoxy groups -OCH3 is 1. The van der Waals surface area contributed by atoms with E-state index in [4.69, 9.17) is 4.74 Å². The monoisotopic (exact) mass is 279 g/mol. The van der Waals surface area contributed by atoms with Crippen LogP contribution in [-0.2, 0) is 0 Å². The van der Waals surface area contributed by atoms with E-state index in [1.165, 1.54) is 25.7 Å². The minimum absolute atomic E-state index is 0.0247. The molecule has 0 aromatic heterocycles. The molecule has 0 amide bonds. The molecule has 1 aliphatic heterocycles. The summed E-state index contributed by atoms with van der Waals surface area (Å²) in [5.41, 5.74) is 0.418. The Morgan fingerprint density at radius 3 is 2.95 bits per heavy atom. The van der Waals surface area contributed by atoms with Crippen LogP contribution in [0.4, 0.5) is 4.39 Å². The molecule has 1 fully saturated rings. The van der Waals surface area contributed by atoms with Gasteiger partial charge in [0.15, 0.2) is 17.3 Å². The Kier molecular flexibility index (Phi) is 5.12. The number of benzene rings is 1. The molecule has 1 atom stereocenters. The third kappa shape index (κ3) is 3.57. The normalized spacial score (nSPS) is 19.9. The molecule has 0 radical (unpaired) electrons. The zero-order valence-corrected chi connectivity index (χ0v) is 12.2. The van der Waals surface area contributed by atoms with Crippen LogP contribution in [0.5, 0.6) is 5.75 Å². The van der Waals surface area contributed by atoms with Gasteiger partial charge in [0.1, 0.15) is 0 Å². The molecule has 3 nitrogen and oxygen atoms in total. The van der Waals surface area contributed by atoms with Crippen LogP contribution < -0.4 is 4.74 Å².